The summed E-state index contributed by atoms with van der Waals surface area (Å²) in [4.78, 5) is 0. The quantitative estimate of drug-likeness (QED) is 0.719. The second-order valence-corrected chi connectivity index (χ2v) is 4.00. The first kappa shape index (κ1) is 14.1. The van der Waals surface area contributed by atoms with Crippen LogP contribution in [0.15, 0.2) is 0 Å². The Balaban J connectivity index is 2.78. The van der Waals surface area contributed by atoms with Crippen LogP contribution < -0.4 is 5.73 Å². The lowest BCUT2D eigenvalue weighted by Crippen LogP contribution is -2.15. The van der Waals surface area contributed by atoms with E-state index in [-0.39, 0.29) is 6.04 Å². The van der Waals surface area contributed by atoms with Crippen molar-refractivity contribution in [3.63, 3.8) is 0 Å². The molecule has 0 aliphatic rings. The molecule has 1 rings (SSSR count). The highest BCUT2D eigenvalue weighted by atomic mass is 16.5. The molecule has 98 valence electrons. The average molecular weight is 242 g/mol. The molecule has 0 aliphatic heterocycles. The number of nitrogens with two attached hydrogens (primary N) is 1. The lowest BCUT2D eigenvalue weighted by atomic mass is 10.2. The number of rotatable bonds is 8. The first-order valence-corrected chi connectivity index (χ1v) is 5.85. The Kier molecular flexibility index (Phi) is 6.10. The summed E-state index contributed by atoms with van der Waals surface area (Å²) in [7, 11) is 3.38. The minimum atomic E-state index is 0.259. The fraction of sp³-hybridized carbons (Fsp3) is 0.818. The van der Waals surface area contributed by atoms with Gasteiger partial charge in [-0.25, -0.2) is 4.68 Å². The van der Waals surface area contributed by atoms with Crippen LogP contribution >= 0.6 is 0 Å². The third-order valence-corrected chi connectivity index (χ3v) is 2.77. The highest BCUT2D eigenvalue weighted by Gasteiger charge is 2.15. The third kappa shape index (κ3) is 3.76. The zero-order valence-corrected chi connectivity index (χ0v) is 10.8. The van der Waals surface area contributed by atoms with Crippen LogP contribution in [0.2, 0.25) is 0 Å². The van der Waals surface area contributed by atoms with Gasteiger partial charge in [0.1, 0.15) is 0 Å². The van der Waals surface area contributed by atoms with E-state index in [1.165, 1.54) is 0 Å². The van der Waals surface area contributed by atoms with Gasteiger partial charge in [0.25, 0.3) is 0 Å². The average Bonchev–Trinajstić information content (AvgIpc) is 2.76. The van der Waals surface area contributed by atoms with Crippen LogP contribution in [0.4, 0.5) is 0 Å². The van der Waals surface area contributed by atoms with Gasteiger partial charge in [-0.15, -0.1) is 5.10 Å². The maximum absolute atomic E-state index is 5.65. The van der Waals surface area contributed by atoms with Gasteiger partial charge in [0.05, 0.1) is 24.0 Å². The van der Waals surface area contributed by atoms with Gasteiger partial charge in [-0.05, 0) is 13.3 Å². The van der Waals surface area contributed by atoms with Crippen LogP contribution in [-0.4, -0.2) is 42.4 Å². The summed E-state index contributed by atoms with van der Waals surface area (Å²) in [6.07, 6.45) is 1.69. The molecular formula is C11H22N4O2. The highest BCUT2D eigenvalue weighted by Crippen LogP contribution is 2.15. The van der Waals surface area contributed by atoms with Crippen molar-refractivity contribution in [3.8, 4) is 0 Å². The predicted octanol–water partition coefficient (Wildman–Crippen LogP) is 0.523. The molecule has 6 heteroatoms. The molecule has 1 aromatic rings. The van der Waals surface area contributed by atoms with Crippen LogP contribution in [0.1, 0.15) is 30.8 Å². The summed E-state index contributed by atoms with van der Waals surface area (Å²) in [6, 6.07) is 0.259. The van der Waals surface area contributed by atoms with E-state index in [2.05, 4.69) is 17.2 Å². The van der Waals surface area contributed by atoms with Crippen LogP contribution in [0.5, 0.6) is 0 Å². The fourth-order valence-corrected chi connectivity index (χ4v) is 1.73. The Morgan fingerprint density at radius 3 is 2.59 bits per heavy atom. The van der Waals surface area contributed by atoms with Gasteiger partial charge >= 0.3 is 0 Å². The van der Waals surface area contributed by atoms with Crippen molar-refractivity contribution in [2.24, 2.45) is 5.73 Å². The summed E-state index contributed by atoms with van der Waals surface area (Å²) in [5, 5.41) is 8.28. The molecule has 0 fully saturated rings. The number of methoxy groups -OCH3 is 2. The number of hydrogen-bond acceptors (Lipinski definition) is 5. The third-order valence-electron chi connectivity index (χ3n) is 2.77. The number of nitrogens with zero attached hydrogens (tertiary/aromatic N) is 3. The number of aromatic nitrogens is 3. The zero-order valence-electron chi connectivity index (χ0n) is 10.8. The van der Waals surface area contributed by atoms with Crippen LogP contribution in [0, 0.1) is 0 Å². The molecule has 0 saturated heterocycles. The summed E-state index contributed by atoms with van der Waals surface area (Å²) in [5.41, 5.74) is 7.58. The molecule has 1 atom stereocenters. The molecule has 1 unspecified atom stereocenters. The van der Waals surface area contributed by atoms with Crippen molar-refractivity contribution in [2.45, 2.75) is 32.4 Å². The first-order chi connectivity index (χ1) is 8.24. The van der Waals surface area contributed by atoms with E-state index in [1.54, 1.807) is 14.2 Å². The highest BCUT2D eigenvalue weighted by molar-refractivity contribution is 5.11. The topological polar surface area (TPSA) is 75.2 Å². The smallest absolute Gasteiger partial charge is 0.0995 e. The van der Waals surface area contributed by atoms with E-state index in [9.17, 15) is 0 Å². The lowest BCUT2D eigenvalue weighted by molar-refractivity contribution is 0.175. The van der Waals surface area contributed by atoms with E-state index in [4.69, 9.17) is 15.2 Å². The van der Waals surface area contributed by atoms with Crippen molar-refractivity contribution in [1.82, 2.24) is 15.0 Å². The standard InChI is InChI=1S/C11H22N4O2/c1-9(4-6-16-2)15-11(5-7-17-3)10(8-12)13-14-15/h9H,4-8,12H2,1-3H3. The minimum Gasteiger partial charge on any atom is -0.385 e. The normalized spacial score (nSPS) is 12.9. The van der Waals surface area contributed by atoms with Gasteiger partial charge in [-0.1, -0.05) is 5.21 Å². The molecular weight excluding hydrogens is 220 g/mol. The van der Waals surface area contributed by atoms with Crippen molar-refractivity contribution in [2.75, 3.05) is 27.4 Å². The molecule has 0 aliphatic carbocycles. The van der Waals surface area contributed by atoms with E-state index < -0.39 is 0 Å². The van der Waals surface area contributed by atoms with Gasteiger partial charge in [-0.3, -0.25) is 0 Å². The summed E-state index contributed by atoms with van der Waals surface area (Å²) >= 11 is 0. The summed E-state index contributed by atoms with van der Waals surface area (Å²) < 4.78 is 12.1. The molecule has 0 aromatic carbocycles. The molecule has 2 N–H and O–H groups in total. The molecule has 0 bridgehead atoms. The molecule has 1 heterocycles. The van der Waals surface area contributed by atoms with Crippen LogP contribution in [0.3, 0.4) is 0 Å². The van der Waals surface area contributed by atoms with E-state index in [1.807, 2.05) is 4.68 Å². The molecule has 17 heavy (non-hydrogen) atoms. The number of hydrogen-bond donors (Lipinski definition) is 1. The largest absolute Gasteiger partial charge is 0.385 e. The Labute approximate surface area is 102 Å². The monoisotopic (exact) mass is 242 g/mol. The minimum absolute atomic E-state index is 0.259. The van der Waals surface area contributed by atoms with Gasteiger partial charge in [0.15, 0.2) is 0 Å². The summed E-state index contributed by atoms with van der Waals surface area (Å²) in [5.74, 6) is 0. The molecule has 0 saturated carbocycles. The van der Waals surface area contributed by atoms with E-state index in [0.717, 1.165) is 24.2 Å². The van der Waals surface area contributed by atoms with Crippen molar-refractivity contribution >= 4 is 0 Å². The maximum Gasteiger partial charge on any atom is 0.0995 e. The SMILES string of the molecule is COCCc1c(CN)nnn1C(C)CCOC. The number of ether oxygens (including phenoxy) is 2. The second kappa shape index (κ2) is 7.37. The molecule has 0 spiro atoms. The summed E-state index contributed by atoms with van der Waals surface area (Å²) in [6.45, 7) is 3.88. The van der Waals surface area contributed by atoms with Gasteiger partial charge < -0.3 is 15.2 Å². The molecule has 1 aromatic heterocycles. The zero-order chi connectivity index (χ0) is 12.7. The first-order valence-electron chi connectivity index (χ1n) is 5.85. The van der Waals surface area contributed by atoms with E-state index >= 15 is 0 Å². The molecule has 0 radical (unpaired) electrons. The lowest BCUT2D eigenvalue weighted by Gasteiger charge is -2.14. The Bertz CT molecular complexity index is 327. The molecule has 0 amide bonds. The van der Waals surface area contributed by atoms with Gasteiger partial charge in [0.2, 0.25) is 0 Å². The Morgan fingerprint density at radius 2 is 2.00 bits per heavy atom. The second-order valence-electron chi connectivity index (χ2n) is 4.00. The fourth-order valence-electron chi connectivity index (χ4n) is 1.73. The van der Waals surface area contributed by atoms with Gasteiger partial charge in [0, 0.05) is 33.8 Å². The van der Waals surface area contributed by atoms with Crippen molar-refractivity contribution in [3.05, 3.63) is 11.4 Å². The van der Waals surface area contributed by atoms with Crippen LogP contribution in [0.25, 0.3) is 0 Å². The van der Waals surface area contributed by atoms with Crippen molar-refractivity contribution in [1.29, 1.82) is 0 Å². The van der Waals surface area contributed by atoms with Crippen molar-refractivity contribution < 1.29 is 9.47 Å². The van der Waals surface area contributed by atoms with Crippen LogP contribution in [-0.2, 0) is 22.4 Å². The van der Waals surface area contributed by atoms with E-state index in [0.29, 0.717) is 19.8 Å². The Morgan fingerprint density at radius 1 is 1.29 bits per heavy atom. The Hall–Kier alpha value is -0.980. The molecule has 6 nitrogen and oxygen atoms in total. The maximum atomic E-state index is 5.65. The van der Waals surface area contributed by atoms with Gasteiger partial charge in [-0.2, -0.15) is 0 Å². The predicted molar refractivity (Wildman–Crippen MR) is 64.7 cm³/mol.